The van der Waals surface area contributed by atoms with Crippen LogP contribution in [-0.2, 0) is 43.9 Å². The second-order valence-corrected chi connectivity index (χ2v) is 14.3. The number of anilines is 2. The Kier molecular flexibility index (Phi) is 8.45. The van der Waals surface area contributed by atoms with E-state index >= 15 is 0 Å². The molecule has 0 saturated carbocycles. The van der Waals surface area contributed by atoms with E-state index in [4.69, 9.17) is 4.74 Å². The molecule has 0 unspecified atom stereocenters. The SMILES string of the molecule is CC(C)(C)OC(=O)N1CCC(C)(C(=O)N(CC(=O)Nc2ccc3c(c2)C[C@@]2(C3)C(=O)Nc3ncccc32)Cc2ccccc2C#N)CC1. The van der Waals surface area contributed by atoms with E-state index in [9.17, 15) is 24.4 Å². The van der Waals surface area contributed by atoms with Crippen LogP contribution in [-0.4, -0.2) is 63.8 Å². The minimum atomic E-state index is -0.824. The number of amides is 4. The standard InChI is InChI=1S/C37H40N6O5/c1-35(2,3)48-34(47)42-16-13-36(4,14-17-42)33(46)43(22-26-9-6-5-8-25(26)21-38)23-30(44)40-28-12-11-24-19-37(20-27(24)18-28)29-10-7-15-39-31(29)41-32(37)45/h5-12,15,18H,13-14,16-17,19-20,22-23H2,1-4H3,(H,40,44)(H,39,41,45)/t37-/m1/s1. The van der Waals surface area contributed by atoms with Gasteiger partial charge in [0.15, 0.2) is 0 Å². The Morgan fingerprint density at radius 2 is 1.79 bits per heavy atom. The van der Waals surface area contributed by atoms with Crippen LogP contribution in [0.25, 0.3) is 0 Å². The van der Waals surface area contributed by atoms with Gasteiger partial charge >= 0.3 is 6.09 Å². The number of likely N-dealkylation sites (tertiary alicyclic amines) is 1. The quantitative estimate of drug-likeness (QED) is 0.385. The first-order chi connectivity index (χ1) is 22.8. The number of aromatic nitrogens is 1. The minimum Gasteiger partial charge on any atom is -0.444 e. The van der Waals surface area contributed by atoms with E-state index in [-0.39, 0.29) is 30.8 Å². The molecular weight excluding hydrogens is 608 g/mol. The second-order valence-electron chi connectivity index (χ2n) is 14.3. The molecule has 3 heterocycles. The van der Waals surface area contributed by atoms with Gasteiger partial charge in [-0.25, -0.2) is 9.78 Å². The number of carbonyl (C=O) groups is 4. The third-order valence-corrected chi connectivity index (χ3v) is 9.62. The molecule has 1 saturated heterocycles. The molecule has 3 aliphatic rings. The molecule has 11 nitrogen and oxygen atoms in total. The number of pyridine rings is 1. The first-order valence-electron chi connectivity index (χ1n) is 16.2. The van der Waals surface area contributed by atoms with Crippen molar-refractivity contribution in [3.63, 3.8) is 0 Å². The van der Waals surface area contributed by atoms with Crippen molar-refractivity contribution in [3.05, 3.63) is 88.6 Å². The van der Waals surface area contributed by atoms with Crippen molar-refractivity contribution in [3.8, 4) is 6.07 Å². The maximum atomic E-state index is 14.2. The number of nitrogens with one attached hydrogen (secondary N) is 2. The van der Waals surface area contributed by atoms with Crippen molar-refractivity contribution < 1.29 is 23.9 Å². The molecule has 2 aromatic carbocycles. The highest BCUT2D eigenvalue weighted by Crippen LogP contribution is 2.47. The number of hydrogen-bond acceptors (Lipinski definition) is 7. The Morgan fingerprint density at radius 1 is 1.06 bits per heavy atom. The van der Waals surface area contributed by atoms with Gasteiger partial charge in [0.1, 0.15) is 18.0 Å². The smallest absolute Gasteiger partial charge is 0.410 e. The summed E-state index contributed by atoms with van der Waals surface area (Å²) in [6.45, 7) is 7.86. The molecule has 248 valence electrons. The fraction of sp³-hybridized carbons (Fsp3) is 0.405. The number of fused-ring (bicyclic) bond motifs is 3. The van der Waals surface area contributed by atoms with Crippen LogP contribution < -0.4 is 10.6 Å². The average molecular weight is 649 g/mol. The van der Waals surface area contributed by atoms with Crippen molar-refractivity contribution in [2.24, 2.45) is 5.41 Å². The fourth-order valence-corrected chi connectivity index (χ4v) is 7.00. The normalized spacial score (nSPS) is 19.1. The average Bonchev–Trinajstić information content (AvgIpc) is 3.56. The van der Waals surface area contributed by atoms with Crippen molar-refractivity contribution >= 4 is 35.3 Å². The van der Waals surface area contributed by atoms with Crippen LogP contribution in [0.1, 0.15) is 68.4 Å². The van der Waals surface area contributed by atoms with E-state index in [2.05, 4.69) is 21.7 Å². The first kappa shape index (κ1) is 32.7. The lowest BCUT2D eigenvalue weighted by Crippen LogP contribution is -2.51. The first-order valence-corrected chi connectivity index (χ1v) is 16.2. The molecule has 0 radical (unpaired) electrons. The third-order valence-electron chi connectivity index (χ3n) is 9.62. The maximum Gasteiger partial charge on any atom is 0.410 e. The Balaban J connectivity index is 1.18. The summed E-state index contributed by atoms with van der Waals surface area (Å²) in [6, 6.07) is 18.6. The van der Waals surface area contributed by atoms with Gasteiger partial charge < -0.3 is 25.2 Å². The van der Waals surface area contributed by atoms with Crippen LogP contribution in [0.5, 0.6) is 0 Å². The summed E-state index contributed by atoms with van der Waals surface area (Å²) in [5.74, 6) is -0.0796. The number of nitrogens with zero attached hydrogens (tertiary/aromatic N) is 4. The highest BCUT2D eigenvalue weighted by Gasteiger charge is 2.51. The van der Waals surface area contributed by atoms with Gasteiger partial charge in [-0.15, -0.1) is 0 Å². The number of piperidine rings is 1. The predicted molar refractivity (Wildman–Crippen MR) is 179 cm³/mol. The van der Waals surface area contributed by atoms with Gasteiger partial charge in [0, 0.05) is 42.5 Å². The van der Waals surface area contributed by atoms with Crippen LogP contribution >= 0.6 is 0 Å². The summed E-state index contributed by atoms with van der Waals surface area (Å²) in [4.78, 5) is 61.1. The molecule has 1 atom stereocenters. The van der Waals surface area contributed by atoms with Crippen LogP contribution in [0.2, 0.25) is 0 Å². The van der Waals surface area contributed by atoms with Crippen LogP contribution in [0.4, 0.5) is 16.3 Å². The Hall–Kier alpha value is -5.24. The molecule has 1 aliphatic carbocycles. The van der Waals surface area contributed by atoms with Gasteiger partial charge in [0.05, 0.1) is 17.0 Å². The van der Waals surface area contributed by atoms with Gasteiger partial charge in [-0.3, -0.25) is 14.4 Å². The van der Waals surface area contributed by atoms with E-state index in [0.717, 1.165) is 16.7 Å². The van der Waals surface area contributed by atoms with E-state index < -0.39 is 22.5 Å². The molecule has 1 aromatic heterocycles. The lowest BCUT2D eigenvalue weighted by atomic mass is 9.79. The number of nitriles is 1. The largest absolute Gasteiger partial charge is 0.444 e. The number of rotatable bonds is 6. The summed E-state index contributed by atoms with van der Waals surface area (Å²) in [7, 11) is 0. The number of hydrogen-bond donors (Lipinski definition) is 2. The van der Waals surface area contributed by atoms with Crippen LogP contribution in [0, 0.1) is 16.7 Å². The summed E-state index contributed by atoms with van der Waals surface area (Å²) in [6.07, 6.45) is 3.10. The van der Waals surface area contributed by atoms with Gasteiger partial charge in [0.25, 0.3) is 0 Å². The van der Waals surface area contributed by atoms with Gasteiger partial charge in [-0.05, 0) is 87.4 Å². The third kappa shape index (κ3) is 6.35. The zero-order valence-electron chi connectivity index (χ0n) is 27.8. The summed E-state index contributed by atoms with van der Waals surface area (Å²) < 4.78 is 5.53. The van der Waals surface area contributed by atoms with Crippen molar-refractivity contribution in [1.82, 2.24) is 14.8 Å². The summed E-state index contributed by atoms with van der Waals surface area (Å²) in [5, 5.41) is 15.6. The zero-order valence-corrected chi connectivity index (χ0v) is 27.8. The van der Waals surface area contributed by atoms with E-state index in [1.165, 1.54) is 4.90 Å². The molecule has 0 bridgehead atoms. The Morgan fingerprint density at radius 3 is 2.52 bits per heavy atom. The highest BCUT2D eigenvalue weighted by atomic mass is 16.6. The number of benzene rings is 2. The molecule has 2 N–H and O–H groups in total. The van der Waals surface area contributed by atoms with Gasteiger partial charge in [-0.1, -0.05) is 37.3 Å². The molecular formula is C37H40N6O5. The van der Waals surface area contributed by atoms with Crippen molar-refractivity contribution in [2.75, 3.05) is 30.3 Å². The minimum absolute atomic E-state index is 0.0739. The van der Waals surface area contributed by atoms with Gasteiger partial charge in [0.2, 0.25) is 17.7 Å². The number of ether oxygens (including phenoxy) is 1. The molecule has 3 aromatic rings. The van der Waals surface area contributed by atoms with E-state index in [0.29, 0.717) is 61.4 Å². The molecule has 48 heavy (non-hydrogen) atoms. The highest BCUT2D eigenvalue weighted by molar-refractivity contribution is 6.06. The summed E-state index contributed by atoms with van der Waals surface area (Å²) in [5.41, 5.74) is 2.37. The van der Waals surface area contributed by atoms with E-state index in [1.54, 1.807) is 35.4 Å². The molecule has 2 aliphatic heterocycles. The summed E-state index contributed by atoms with van der Waals surface area (Å²) >= 11 is 0. The zero-order chi connectivity index (χ0) is 34.3. The molecule has 4 amide bonds. The molecule has 11 heteroatoms. The predicted octanol–water partition coefficient (Wildman–Crippen LogP) is 4.95. The number of carbonyl (C=O) groups excluding carboxylic acids is 4. The Bertz CT molecular complexity index is 1830. The van der Waals surface area contributed by atoms with Crippen molar-refractivity contribution in [1.29, 1.82) is 5.26 Å². The lowest BCUT2D eigenvalue weighted by molar-refractivity contribution is -0.146. The van der Waals surface area contributed by atoms with Crippen molar-refractivity contribution in [2.45, 2.75) is 70.9 Å². The fourth-order valence-electron chi connectivity index (χ4n) is 7.00. The van der Waals surface area contributed by atoms with Crippen LogP contribution in [0.15, 0.2) is 60.8 Å². The lowest BCUT2D eigenvalue weighted by Gasteiger charge is -2.41. The second kappa shape index (κ2) is 12.4. The van der Waals surface area contributed by atoms with Crippen LogP contribution in [0.3, 0.4) is 0 Å². The topological polar surface area (TPSA) is 145 Å². The monoisotopic (exact) mass is 648 g/mol. The maximum absolute atomic E-state index is 14.2. The molecule has 6 rings (SSSR count). The molecule has 1 spiro atoms. The van der Waals surface area contributed by atoms with E-state index in [1.807, 2.05) is 58.0 Å². The van der Waals surface area contributed by atoms with Gasteiger partial charge in [-0.2, -0.15) is 5.26 Å². The Labute approximate surface area is 280 Å². The molecule has 1 fully saturated rings.